The Kier molecular flexibility index (Phi) is 4.25. The molecule has 0 aliphatic carbocycles. The van der Waals surface area contributed by atoms with Crippen LogP contribution in [0, 0.1) is 0 Å². The third-order valence-electron chi connectivity index (χ3n) is 2.27. The van der Waals surface area contributed by atoms with Gasteiger partial charge in [-0.25, -0.2) is 0 Å². The zero-order chi connectivity index (χ0) is 12.8. The summed E-state index contributed by atoms with van der Waals surface area (Å²) in [5.74, 6) is 0.900. The lowest BCUT2D eigenvalue weighted by atomic mass is 10.2. The summed E-state index contributed by atoms with van der Waals surface area (Å²) in [5, 5.41) is 6.73. The molecule has 6 heteroatoms. The lowest BCUT2D eigenvalue weighted by Crippen LogP contribution is -2.12. The van der Waals surface area contributed by atoms with Gasteiger partial charge in [0.05, 0.1) is 12.7 Å². The Bertz CT molecular complexity index is 457. The molecular formula is C12H12F2N2O2. The second-order valence-electron chi connectivity index (χ2n) is 3.60. The molecule has 0 saturated carbocycles. The van der Waals surface area contributed by atoms with Crippen LogP contribution in [-0.4, -0.2) is 11.8 Å². The van der Waals surface area contributed by atoms with Gasteiger partial charge in [-0.3, -0.25) is 0 Å². The number of nitrogens with zero attached hydrogens (tertiary/aromatic N) is 1. The molecule has 0 aliphatic rings. The number of benzene rings is 1. The number of halogens is 2. The minimum Gasteiger partial charge on any atom is -0.435 e. The smallest absolute Gasteiger partial charge is 0.387 e. The number of nitrogens with one attached hydrogen (secondary N) is 1. The predicted octanol–water partition coefficient (Wildman–Crippen LogP) is 2.57. The van der Waals surface area contributed by atoms with E-state index in [4.69, 9.17) is 4.52 Å². The first-order chi connectivity index (χ1) is 8.74. The Morgan fingerprint density at radius 2 is 1.94 bits per heavy atom. The van der Waals surface area contributed by atoms with E-state index in [0.717, 1.165) is 11.3 Å². The summed E-state index contributed by atoms with van der Waals surface area (Å²) in [7, 11) is 0. The molecule has 0 amide bonds. The molecule has 0 fully saturated rings. The molecular weight excluding hydrogens is 242 g/mol. The topological polar surface area (TPSA) is 47.3 Å². The molecule has 1 N–H and O–H groups in total. The van der Waals surface area contributed by atoms with Crippen LogP contribution < -0.4 is 10.1 Å². The fourth-order valence-electron chi connectivity index (χ4n) is 1.45. The fourth-order valence-corrected chi connectivity index (χ4v) is 1.45. The van der Waals surface area contributed by atoms with Gasteiger partial charge in [-0.15, -0.1) is 0 Å². The maximum atomic E-state index is 11.9. The maximum Gasteiger partial charge on any atom is 0.387 e. The first kappa shape index (κ1) is 12.5. The van der Waals surface area contributed by atoms with Gasteiger partial charge in [0.1, 0.15) is 11.5 Å². The minimum absolute atomic E-state index is 0.156. The summed E-state index contributed by atoms with van der Waals surface area (Å²) in [6.45, 7) is -1.62. The van der Waals surface area contributed by atoms with Gasteiger partial charge in [-0.05, 0) is 17.7 Å². The molecule has 96 valence electrons. The van der Waals surface area contributed by atoms with Crippen LogP contribution >= 0.6 is 0 Å². The lowest BCUT2D eigenvalue weighted by Gasteiger charge is -2.06. The summed E-state index contributed by atoms with van der Waals surface area (Å²) >= 11 is 0. The van der Waals surface area contributed by atoms with Crippen molar-refractivity contribution in [3.05, 3.63) is 47.9 Å². The van der Waals surface area contributed by atoms with E-state index in [2.05, 4.69) is 15.2 Å². The lowest BCUT2D eigenvalue weighted by molar-refractivity contribution is -0.0498. The Hall–Kier alpha value is -1.95. The van der Waals surface area contributed by atoms with Gasteiger partial charge >= 0.3 is 6.61 Å². The number of rotatable bonds is 6. The molecule has 1 heterocycles. The molecule has 0 spiro atoms. The largest absolute Gasteiger partial charge is 0.435 e. The first-order valence-corrected chi connectivity index (χ1v) is 5.38. The zero-order valence-corrected chi connectivity index (χ0v) is 9.48. The van der Waals surface area contributed by atoms with Gasteiger partial charge in [0, 0.05) is 12.6 Å². The summed E-state index contributed by atoms with van der Waals surface area (Å²) in [6.07, 6.45) is 1.58. The predicted molar refractivity (Wildman–Crippen MR) is 60.1 cm³/mol. The second-order valence-corrected chi connectivity index (χ2v) is 3.60. The molecule has 0 aliphatic heterocycles. The van der Waals surface area contributed by atoms with Crippen LogP contribution in [0.15, 0.2) is 41.1 Å². The third kappa shape index (κ3) is 3.81. The second kappa shape index (κ2) is 6.11. The Labute approximate surface area is 103 Å². The maximum absolute atomic E-state index is 11.9. The van der Waals surface area contributed by atoms with Crippen LogP contribution in [0.4, 0.5) is 8.78 Å². The summed E-state index contributed by atoms with van der Waals surface area (Å²) in [4.78, 5) is 0. The van der Waals surface area contributed by atoms with Gasteiger partial charge in [0.15, 0.2) is 0 Å². The zero-order valence-electron chi connectivity index (χ0n) is 9.48. The Morgan fingerprint density at radius 1 is 1.17 bits per heavy atom. The monoisotopic (exact) mass is 254 g/mol. The molecule has 2 aromatic rings. The highest BCUT2D eigenvalue weighted by molar-refractivity contribution is 5.27. The van der Waals surface area contributed by atoms with E-state index in [9.17, 15) is 8.78 Å². The van der Waals surface area contributed by atoms with Gasteiger partial charge in [0.2, 0.25) is 0 Å². The third-order valence-corrected chi connectivity index (χ3v) is 2.27. The first-order valence-electron chi connectivity index (χ1n) is 5.38. The highest BCUT2D eigenvalue weighted by Crippen LogP contribution is 2.14. The quantitative estimate of drug-likeness (QED) is 0.860. The van der Waals surface area contributed by atoms with E-state index in [1.807, 2.05) is 0 Å². The molecule has 4 nitrogen and oxygen atoms in total. The van der Waals surface area contributed by atoms with Crippen LogP contribution in [0.3, 0.4) is 0 Å². The molecule has 18 heavy (non-hydrogen) atoms. The van der Waals surface area contributed by atoms with E-state index in [1.54, 1.807) is 24.4 Å². The molecule has 0 saturated heterocycles. The van der Waals surface area contributed by atoms with Gasteiger partial charge in [0.25, 0.3) is 0 Å². The van der Waals surface area contributed by atoms with Crippen LogP contribution in [0.1, 0.15) is 11.3 Å². The highest BCUT2D eigenvalue weighted by Gasteiger charge is 2.03. The van der Waals surface area contributed by atoms with E-state index in [0.29, 0.717) is 13.1 Å². The molecule has 1 aromatic carbocycles. The summed E-state index contributed by atoms with van der Waals surface area (Å²) < 4.78 is 33.0. The van der Waals surface area contributed by atoms with E-state index < -0.39 is 6.61 Å². The molecule has 2 rings (SSSR count). The van der Waals surface area contributed by atoms with Crippen molar-refractivity contribution in [2.45, 2.75) is 19.7 Å². The molecule has 1 aromatic heterocycles. The van der Waals surface area contributed by atoms with E-state index in [1.165, 1.54) is 12.1 Å². The Balaban J connectivity index is 1.79. The fraction of sp³-hybridized carbons (Fsp3) is 0.250. The van der Waals surface area contributed by atoms with Gasteiger partial charge in [-0.1, -0.05) is 17.3 Å². The number of alkyl halides is 2. The van der Waals surface area contributed by atoms with Crippen molar-refractivity contribution >= 4 is 0 Å². The Morgan fingerprint density at radius 3 is 2.56 bits per heavy atom. The minimum atomic E-state index is -2.79. The number of ether oxygens (including phenoxy) is 1. The van der Waals surface area contributed by atoms with Crippen molar-refractivity contribution in [3.8, 4) is 5.75 Å². The van der Waals surface area contributed by atoms with Crippen LogP contribution in [0.5, 0.6) is 5.75 Å². The number of hydrogen-bond donors (Lipinski definition) is 1. The SMILES string of the molecule is FC(F)Oc1ccc(CNCc2ccno2)cc1. The van der Waals surface area contributed by atoms with Crippen LogP contribution in [0.2, 0.25) is 0 Å². The van der Waals surface area contributed by atoms with E-state index in [-0.39, 0.29) is 5.75 Å². The highest BCUT2D eigenvalue weighted by atomic mass is 19.3. The van der Waals surface area contributed by atoms with Crippen molar-refractivity contribution in [2.24, 2.45) is 0 Å². The van der Waals surface area contributed by atoms with Crippen molar-refractivity contribution in [2.75, 3.05) is 0 Å². The van der Waals surface area contributed by atoms with Crippen molar-refractivity contribution < 1.29 is 18.0 Å². The molecule has 0 bridgehead atoms. The van der Waals surface area contributed by atoms with Gasteiger partial charge < -0.3 is 14.6 Å². The molecule has 0 atom stereocenters. The summed E-state index contributed by atoms with van der Waals surface area (Å²) in [5.41, 5.74) is 0.969. The average Bonchev–Trinajstić information content (AvgIpc) is 2.84. The van der Waals surface area contributed by atoms with Crippen molar-refractivity contribution in [1.82, 2.24) is 10.5 Å². The van der Waals surface area contributed by atoms with Crippen molar-refractivity contribution in [3.63, 3.8) is 0 Å². The van der Waals surface area contributed by atoms with Crippen LogP contribution in [0.25, 0.3) is 0 Å². The van der Waals surface area contributed by atoms with Crippen LogP contribution in [-0.2, 0) is 13.1 Å². The normalized spacial score (nSPS) is 10.8. The number of hydrogen-bond acceptors (Lipinski definition) is 4. The summed E-state index contributed by atoms with van der Waals surface area (Å²) in [6, 6.07) is 8.25. The molecule has 0 unspecified atom stereocenters. The molecule has 0 radical (unpaired) electrons. The average molecular weight is 254 g/mol. The van der Waals surface area contributed by atoms with E-state index >= 15 is 0 Å². The number of aromatic nitrogens is 1. The van der Waals surface area contributed by atoms with Gasteiger partial charge in [-0.2, -0.15) is 8.78 Å². The standard InChI is InChI=1S/C12H12F2N2O2/c13-12(14)17-10-3-1-9(2-4-10)7-15-8-11-5-6-16-18-11/h1-6,12,15H,7-8H2. The van der Waals surface area contributed by atoms with Crippen molar-refractivity contribution in [1.29, 1.82) is 0 Å².